The lowest BCUT2D eigenvalue weighted by molar-refractivity contribution is -0.158. The van der Waals surface area contributed by atoms with Gasteiger partial charge in [-0.05, 0) is 20.3 Å². The molecule has 1 rings (SSSR count). The Hall–Kier alpha value is -1.10. The van der Waals surface area contributed by atoms with E-state index in [2.05, 4.69) is 4.74 Å². The Morgan fingerprint density at radius 3 is 2.60 bits per heavy atom. The van der Waals surface area contributed by atoms with Crippen molar-refractivity contribution in [1.82, 2.24) is 4.90 Å². The molecular formula is C10H17NO4. The van der Waals surface area contributed by atoms with Crippen molar-refractivity contribution < 1.29 is 19.1 Å². The Labute approximate surface area is 89.3 Å². The van der Waals surface area contributed by atoms with E-state index >= 15 is 0 Å². The summed E-state index contributed by atoms with van der Waals surface area (Å²) in [4.78, 5) is 24.1. The second-order valence-corrected chi connectivity index (χ2v) is 3.79. The molecule has 15 heavy (non-hydrogen) atoms. The third-order valence-electron chi connectivity index (χ3n) is 2.39. The van der Waals surface area contributed by atoms with Crippen LogP contribution in [0.1, 0.15) is 20.3 Å². The Morgan fingerprint density at radius 1 is 1.33 bits per heavy atom. The van der Waals surface area contributed by atoms with E-state index in [1.54, 1.807) is 0 Å². The van der Waals surface area contributed by atoms with Gasteiger partial charge in [0.15, 0.2) is 0 Å². The summed E-state index contributed by atoms with van der Waals surface area (Å²) in [5.41, 5.74) is 0. The summed E-state index contributed by atoms with van der Waals surface area (Å²) in [5.74, 6) is -1.39. The Kier molecular flexibility index (Phi) is 4.08. The highest BCUT2D eigenvalue weighted by Crippen LogP contribution is 2.11. The average molecular weight is 215 g/mol. The first kappa shape index (κ1) is 12.0. The van der Waals surface area contributed by atoms with Crippen LogP contribution < -0.4 is 0 Å². The summed E-state index contributed by atoms with van der Waals surface area (Å²) < 4.78 is 9.96. The van der Waals surface area contributed by atoms with Crippen LogP contribution in [0.3, 0.4) is 0 Å². The van der Waals surface area contributed by atoms with E-state index in [1.807, 2.05) is 13.8 Å². The highest BCUT2D eigenvalue weighted by molar-refractivity contribution is 6.32. The van der Waals surface area contributed by atoms with E-state index in [9.17, 15) is 9.59 Å². The fraction of sp³-hybridized carbons (Fsp3) is 0.800. The highest BCUT2D eigenvalue weighted by Gasteiger charge is 2.27. The molecule has 86 valence electrons. The SMILES string of the molecule is COC(=O)C(=O)N1CCC(C)OC(C)C1. The second kappa shape index (κ2) is 5.11. The molecule has 2 atom stereocenters. The molecule has 0 aromatic carbocycles. The lowest BCUT2D eigenvalue weighted by atomic mass is 10.3. The number of ether oxygens (including phenoxy) is 2. The minimum absolute atomic E-state index is 0.0453. The summed E-state index contributed by atoms with van der Waals surface area (Å²) in [6, 6.07) is 0. The number of esters is 1. The molecule has 0 N–H and O–H groups in total. The van der Waals surface area contributed by atoms with E-state index in [-0.39, 0.29) is 12.2 Å². The lowest BCUT2D eigenvalue weighted by Gasteiger charge is -2.20. The van der Waals surface area contributed by atoms with Crippen LogP contribution in [-0.2, 0) is 19.1 Å². The summed E-state index contributed by atoms with van der Waals surface area (Å²) >= 11 is 0. The fourth-order valence-electron chi connectivity index (χ4n) is 1.65. The number of rotatable bonds is 0. The normalized spacial score (nSPS) is 27.0. The molecule has 1 aliphatic heterocycles. The van der Waals surface area contributed by atoms with Crippen LogP contribution >= 0.6 is 0 Å². The van der Waals surface area contributed by atoms with Gasteiger partial charge in [0.05, 0.1) is 19.3 Å². The van der Waals surface area contributed by atoms with E-state index in [1.165, 1.54) is 12.0 Å². The first-order valence-corrected chi connectivity index (χ1v) is 5.07. The maximum Gasteiger partial charge on any atom is 0.396 e. The van der Waals surface area contributed by atoms with Crippen LogP contribution in [0.15, 0.2) is 0 Å². The molecule has 0 bridgehead atoms. The number of carbonyl (C=O) groups is 2. The largest absolute Gasteiger partial charge is 0.462 e. The first-order valence-electron chi connectivity index (χ1n) is 5.07. The quantitative estimate of drug-likeness (QED) is 0.427. The zero-order valence-electron chi connectivity index (χ0n) is 9.36. The van der Waals surface area contributed by atoms with Gasteiger partial charge in [-0.2, -0.15) is 0 Å². The van der Waals surface area contributed by atoms with E-state index in [0.29, 0.717) is 13.1 Å². The fourth-order valence-corrected chi connectivity index (χ4v) is 1.65. The van der Waals surface area contributed by atoms with Gasteiger partial charge >= 0.3 is 11.9 Å². The average Bonchev–Trinajstić information content (AvgIpc) is 2.37. The summed E-state index contributed by atoms with van der Waals surface area (Å²) in [7, 11) is 1.21. The first-order chi connectivity index (χ1) is 7.04. The van der Waals surface area contributed by atoms with Gasteiger partial charge in [0.1, 0.15) is 0 Å². The van der Waals surface area contributed by atoms with Gasteiger partial charge in [0.25, 0.3) is 0 Å². The monoisotopic (exact) mass is 215 g/mol. The summed E-state index contributed by atoms with van der Waals surface area (Å²) in [6.07, 6.45) is 0.819. The van der Waals surface area contributed by atoms with Crippen LogP contribution in [0.4, 0.5) is 0 Å². The third-order valence-corrected chi connectivity index (χ3v) is 2.39. The summed E-state index contributed by atoms with van der Waals surface area (Å²) in [6.45, 7) is 4.83. The van der Waals surface area contributed by atoms with Gasteiger partial charge in [0, 0.05) is 13.1 Å². The van der Waals surface area contributed by atoms with Crippen molar-refractivity contribution in [3.05, 3.63) is 0 Å². The van der Waals surface area contributed by atoms with Crippen LogP contribution in [0.5, 0.6) is 0 Å². The maximum absolute atomic E-state index is 11.5. The van der Waals surface area contributed by atoms with Gasteiger partial charge in [-0.25, -0.2) is 4.79 Å². The molecule has 1 fully saturated rings. The molecule has 1 amide bonds. The minimum Gasteiger partial charge on any atom is -0.462 e. The molecule has 1 saturated heterocycles. The van der Waals surface area contributed by atoms with Crippen LogP contribution in [-0.4, -0.2) is 49.2 Å². The zero-order valence-corrected chi connectivity index (χ0v) is 9.36. The number of nitrogens with zero attached hydrogens (tertiary/aromatic N) is 1. The standard InChI is InChI=1S/C10H17NO4/c1-7-4-5-11(6-8(2)15-7)9(12)10(13)14-3/h7-8H,4-6H2,1-3H3. The van der Waals surface area contributed by atoms with Crippen molar-refractivity contribution in [3.8, 4) is 0 Å². The summed E-state index contributed by atoms with van der Waals surface area (Å²) in [5, 5.41) is 0. The molecule has 0 aliphatic carbocycles. The third kappa shape index (κ3) is 3.20. The molecular weight excluding hydrogens is 198 g/mol. The van der Waals surface area contributed by atoms with E-state index < -0.39 is 11.9 Å². The maximum atomic E-state index is 11.5. The topological polar surface area (TPSA) is 55.8 Å². The number of amides is 1. The molecule has 0 saturated carbocycles. The number of methoxy groups -OCH3 is 1. The molecule has 0 radical (unpaired) electrons. The molecule has 1 heterocycles. The predicted molar refractivity (Wildman–Crippen MR) is 53.2 cm³/mol. The molecule has 5 heteroatoms. The van der Waals surface area contributed by atoms with Gasteiger partial charge in [-0.15, -0.1) is 0 Å². The minimum atomic E-state index is -0.809. The number of hydrogen-bond donors (Lipinski definition) is 0. The molecule has 0 aromatic rings. The van der Waals surface area contributed by atoms with Gasteiger partial charge in [-0.1, -0.05) is 0 Å². The van der Waals surface area contributed by atoms with Crippen LogP contribution in [0, 0.1) is 0 Å². The zero-order chi connectivity index (χ0) is 11.4. The molecule has 1 aliphatic rings. The van der Waals surface area contributed by atoms with Crippen LogP contribution in [0.25, 0.3) is 0 Å². The molecule has 2 unspecified atom stereocenters. The molecule has 5 nitrogen and oxygen atoms in total. The van der Waals surface area contributed by atoms with Gasteiger partial charge < -0.3 is 14.4 Å². The lowest BCUT2D eigenvalue weighted by Crippen LogP contribution is -2.40. The van der Waals surface area contributed by atoms with Crippen molar-refractivity contribution in [2.45, 2.75) is 32.5 Å². The Bertz CT molecular complexity index is 254. The van der Waals surface area contributed by atoms with Crippen LogP contribution in [0.2, 0.25) is 0 Å². The number of hydrogen-bond acceptors (Lipinski definition) is 4. The number of carbonyl (C=O) groups excluding carboxylic acids is 2. The van der Waals surface area contributed by atoms with E-state index in [0.717, 1.165) is 6.42 Å². The highest BCUT2D eigenvalue weighted by atomic mass is 16.5. The molecule has 0 aromatic heterocycles. The van der Waals surface area contributed by atoms with Crippen molar-refractivity contribution in [1.29, 1.82) is 0 Å². The molecule has 0 spiro atoms. The van der Waals surface area contributed by atoms with Crippen molar-refractivity contribution in [2.24, 2.45) is 0 Å². The Morgan fingerprint density at radius 2 is 2.00 bits per heavy atom. The second-order valence-electron chi connectivity index (χ2n) is 3.79. The predicted octanol–water partition coefficient (Wildman–Crippen LogP) is 0.185. The smallest absolute Gasteiger partial charge is 0.396 e. The Balaban J connectivity index is 2.61. The van der Waals surface area contributed by atoms with Crippen molar-refractivity contribution >= 4 is 11.9 Å². The van der Waals surface area contributed by atoms with Crippen molar-refractivity contribution in [2.75, 3.05) is 20.2 Å². The van der Waals surface area contributed by atoms with Gasteiger partial charge in [0.2, 0.25) is 0 Å². The van der Waals surface area contributed by atoms with Gasteiger partial charge in [-0.3, -0.25) is 4.79 Å². The van der Waals surface area contributed by atoms with E-state index in [4.69, 9.17) is 4.74 Å². The van der Waals surface area contributed by atoms with Crippen molar-refractivity contribution in [3.63, 3.8) is 0 Å².